The summed E-state index contributed by atoms with van der Waals surface area (Å²) < 4.78 is 58.2. The van der Waals surface area contributed by atoms with Crippen molar-refractivity contribution in [2.24, 2.45) is 0 Å². The zero-order chi connectivity index (χ0) is 24.2. The molecule has 0 radical (unpaired) electrons. The van der Waals surface area contributed by atoms with Gasteiger partial charge in [0, 0.05) is 23.1 Å². The number of para-hydroxylation sites is 2. The highest BCUT2D eigenvalue weighted by Gasteiger charge is 2.12. The van der Waals surface area contributed by atoms with Crippen LogP contribution in [0.5, 0.6) is 5.75 Å². The highest BCUT2D eigenvalue weighted by Crippen LogP contribution is 2.37. The Morgan fingerprint density at radius 1 is 0.848 bits per heavy atom. The standard InChI is InChI=1S/C21H19N3O3S.CH4O3S/c1-27-20-13-14(24-28(2,25)26)11-12-19(20)23-21-15-7-3-5-9-17(15)22-18-10-6-4-8-16(18)21;1-5(2,3)4/h3-13,24H,1-2H3,(H,22,23);1H3,(H,2,3,4)/p-1. The van der Waals surface area contributed by atoms with Crippen LogP contribution in [0.4, 0.5) is 17.1 Å². The van der Waals surface area contributed by atoms with E-state index in [2.05, 4.69) is 10.0 Å². The summed E-state index contributed by atoms with van der Waals surface area (Å²) in [4.78, 5) is 4.73. The SMILES string of the molecule is COc1cc(NS(C)(=O)=O)ccc1Nc1c2ccccc2nc2ccccc12.CS(=O)(=O)[O-]. The minimum absolute atomic E-state index is 0.439. The molecule has 0 atom stereocenters. The van der Waals surface area contributed by atoms with Gasteiger partial charge in [0.25, 0.3) is 0 Å². The third-order valence-electron chi connectivity index (χ3n) is 4.35. The molecule has 4 rings (SSSR count). The van der Waals surface area contributed by atoms with Crippen molar-refractivity contribution in [1.29, 1.82) is 0 Å². The van der Waals surface area contributed by atoms with Crippen LogP contribution >= 0.6 is 0 Å². The first kappa shape index (κ1) is 24.2. The lowest BCUT2D eigenvalue weighted by Crippen LogP contribution is -2.09. The molecule has 0 unspecified atom stereocenters. The van der Waals surface area contributed by atoms with Crippen LogP contribution in [0.25, 0.3) is 21.8 Å². The lowest BCUT2D eigenvalue weighted by atomic mass is 10.1. The van der Waals surface area contributed by atoms with Gasteiger partial charge in [0.1, 0.15) is 5.75 Å². The summed E-state index contributed by atoms with van der Waals surface area (Å²) in [5.74, 6) is 0.527. The average Bonchev–Trinajstić information content (AvgIpc) is 2.72. The first-order chi connectivity index (χ1) is 15.4. The molecule has 174 valence electrons. The number of benzene rings is 3. The number of nitrogens with one attached hydrogen (secondary N) is 2. The van der Waals surface area contributed by atoms with Gasteiger partial charge in [-0.3, -0.25) is 4.72 Å². The van der Waals surface area contributed by atoms with E-state index in [4.69, 9.17) is 22.7 Å². The Hall–Kier alpha value is -3.41. The molecule has 9 nitrogen and oxygen atoms in total. The van der Waals surface area contributed by atoms with Gasteiger partial charge in [-0.15, -0.1) is 0 Å². The van der Waals surface area contributed by atoms with Crippen LogP contribution in [0.2, 0.25) is 0 Å². The molecule has 3 aromatic carbocycles. The van der Waals surface area contributed by atoms with E-state index in [1.54, 1.807) is 25.3 Å². The Labute approximate surface area is 192 Å². The Balaban J connectivity index is 0.000000555. The Kier molecular flexibility index (Phi) is 7.06. The number of rotatable bonds is 5. The van der Waals surface area contributed by atoms with E-state index >= 15 is 0 Å². The van der Waals surface area contributed by atoms with Gasteiger partial charge >= 0.3 is 0 Å². The summed E-state index contributed by atoms with van der Waals surface area (Å²) in [7, 11) is -5.73. The molecule has 4 aromatic rings. The van der Waals surface area contributed by atoms with E-state index in [0.717, 1.165) is 39.4 Å². The smallest absolute Gasteiger partial charge is 0.229 e. The molecule has 0 saturated carbocycles. The monoisotopic (exact) mass is 488 g/mol. The molecule has 0 amide bonds. The van der Waals surface area contributed by atoms with Crippen LogP contribution < -0.4 is 14.8 Å². The van der Waals surface area contributed by atoms with Crippen LogP contribution in [-0.4, -0.2) is 46.0 Å². The number of pyridine rings is 1. The van der Waals surface area contributed by atoms with Crippen molar-refractivity contribution in [2.75, 3.05) is 29.7 Å². The van der Waals surface area contributed by atoms with E-state index in [1.165, 1.54) is 0 Å². The normalized spacial score (nSPS) is 11.5. The maximum absolute atomic E-state index is 11.5. The first-order valence-corrected chi connectivity index (χ1v) is 13.3. The van der Waals surface area contributed by atoms with Crippen LogP contribution in [-0.2, 0) is 20.1 Å². The molecule has 1 aromatic heterocycles. The number of ether oxygens (including phenoxy) is 1. The van der Waals surface area contributed by atoms with Crippen LogP contribution in [0.1, 0.15) is 0 Å². The summed E-state index contributed by atoms with van der Waals surface area (Å²) in [6, 6.07) is 21.0. The van der Waals surface area contributed by atoms with Gasteiger partial charge in [-0.05, 0) is 24.3 Å². The lowest BCUT2D eigenvalue weighted by molar-refractivity contribution is 0.417. The van der Waals surface area contributed by atoms with E-state index < -0.39 is 20.1 Å². The van der Waals surface area contributed by atoms with Gasteiger partial charge in [-0.25, -0.2) is 21.8 Å². The molecule has 0 aliphatic carbocycles. The van der Waals surface area contributed by atoms with Crippen LogP contribution in [0, 0.1) is 0 Å². The lowest BCUT2D eigenvalue weighted by Gasteiger charge is -2.16. The molecule has 0 saturated heterocycles. The van der Waals surface area contributed by atoms with Gasteiger partial charge in [0.15, 0.2) is 0 Å². The predicted octanol–water partition coefficient (Wildman–Crippen LogP) is 3.67. The topological polar surface area (TPSA) is 138 Å². The number of nitrogens with zero attached hydrogens (tertiary/aromatic N) is 1. The summed E-state index contributed by atoms with van der Waals surface area (Å²) in [5.41, 5.74) is 3.86. The minimum atomic E-state index is -3.92. The molecule has 2 N–H and O–H groups in total. The summed E-state index contributed by atoms with van der Waals surface area (Å²) >= 11 is 0. The van der Waals surface area contributed by atoms with E-state index in [1.807, 2.05) is 48.5 Å². The molecule has 1 heterocycles. The number of hydrogen-bond acceptors (Lipinski definition) is 8. The highest BCUT2D eigenvalue weighted by atomic mass is 32.2. The zero-order valence-electron chi connectivity index (χ0n) is 18.1. The van der Waals surface area contributed by atoms with Crippen molar-refractivity contribution in [2.45, 2.75) is 0 Å². The Morgan fingerprint density at radius 3 is 1.85 bits per heavy atom. The van der Waals surface area contributed by atoms with Crippen molar-refractivity contribution in [1.82, 2.24) is 4.98 Å². The zero-order valence-corrected chi connectivity index (χ0v) is 19.7. The number of methoxy groups -OCH3 is 1. The Morgan fingerprint density at radius 2 is 1.36 bits per heavy atom. The molecule has 0 spiro atoms. The highest BCUT2D eigenvalue weighted by molar-refractivity contribution is 7.92. The fourth-order valence-corrected chi connectivity index (χ4v) is 3.74. The van der Waals surface area contributed by atoms with Crippen LogP contribution in [0.3, 0.4) is 0 Å². The fraction of sp³-hybridized carbons (Fsp3) is 0.136. The number of aromatic nitrogens is 1. The maximum Gasteiger partial charge on any atom is 0.229 e. The summed E-state index contributed by atoms with van der Waals surface area (Å²) in [5, 5.41) is 5.43. The molecule has 0 bridgehead atoms. The van der Waals surface area contributed by atoms with Crippen molar-refractivity contribution in [3.05, 3.63) is 66.7 Å². The molecule has 33 heavy (non-hydrogen) atoms. The molecular formula is C22H22N3O6S2-. The van der Waals surface area contributed by atoms with E-state index in [0.29, 0.717) is 17.7 Å². The maximum atomic E-state index is 11.5. The Bertz CT molecular complexity index is 1460. The predicted molar refractivity (Wildman–Crippen MR) is 130 cm³/mol. The second-order valence-corrected chi connectivity index (χ2v) is 10.3. The van der Waals surface area contributed by atoms with Gasteiger partial charge in [0.05, 0.1) is 51.6 Å². The van der Waals surface area contributed by atoms with Crippen molar-refractivity contribution in [3.63, 3.8) is 0 Å². The third kappa shape index (κ3) is 6.78. The largest absolute Gasteiger partial charge is 0.748 e. The molecule has 0 aliphatic rings. The quantitative estimate of drug-likeness (QED) is 0.321. The van der Waals surface area contributed by atoms with Gasteiger partial charge in [-0.1, -0.05) is 36.4 Å². The number of anilines is 3. The molecular weight excluding hydrogens is 466 g/mol. The van der Waals surface area contributed by atoms with Crippen LogP contribution in [0.15, 0.2) is 66.7 Å². The van der Waals surface area contributed by atoms with Gasteiger partial charge in [0.2, 0.25) is 10.0 Å². The number of sulfonamides is 1. The third-order valence-corrected chi connectivity index (χ3v) is 4.96. The second-order valence-electron chi connectivity index (χ2n) is 7.14. The average molecular weight is 489 g/mol. The summed E-state index contributed by atoms with van der Waals surface area (Å²) in [6.45, 7) is 0. The first-order valence-electron chi connectivity index (χ1n) is 9.56. The van der Waals surface area contributed by atoms with Gasteiger partial charge < -0.3 is 14.6 Å². The molecule has 0 aliphatic heterocycles. The molecule has 0 fully saturated rings. The number of fused-ring (bicyclic) bond motifs is 2. The van der Waals surface area contributed by atoms with Crippen molar-refractivity contribution in [3.8, 4) is 5.75 Å². The van der Waals surface area contributed by atoms with Crippen molar-refractivity contribution >= 4 is 59.0 Å². The minimum Gasteiger partial charge on any atom is -0.748 e. The second kappa shape index (κ2) is 9.61. The summed E-state index contributed by atoms with van der Waals surface area (Å²) in [6.07, 6.45) is 1.72. The van der Waals surface area contributed by atoms with Gasteiger partial charge in [-0.2, -0.15) is 0 Å². The van der Waals surface area contributed by atoms with E-state index in [-0.39, 0.29) is 0 Å². The van der Waals surface area contributed by atoms with E-state index in [9.17, 15) is 8.42 Å². The number of hydrogen-bond donors (Lipinski definition) is 2. The fourth-order valence-electron chi connectivity index (χ4n) is 3.18. The molecule has 11 heteroatoms. The van der Waals surface area contributed by atoms with Crippen molar-refractivity contribution < 1.29 is 26.1 Å².